The number of aliphatic hydroxyl groups is 1. The van der Waals surface area contributed by atoms with Gasteiger partial charge in [0.15, 0.2) is 5.78 Å². The number of benzene rings is 1. The Labute approximate surface area is 71.2 Å². The molecule has 0 aliphatic carbocycles. The van der Waals surface area contributed by atoms with E-state index in [1.165, 1.54) is 0 Å². The maximum Gasteiger partial charge on any atom is 0.163 e. The molecule has 0 fully saturated rings. The van der Waals surface area contributed by atoms with Crippen molar-refractivity contribution in [3.05, 3.63) is 48.2 Å². The van der Waals surface area contributed by atoms with Gasteiger partial charge in [0.05, 0.1) is 6.26 Å². The summed E-state index contributed by atoms with van der Waals surface area (Å²) in [5.41, 5.74) is 0.959. The van der Waals surface area contributed by atoms with Crippen molar-refractivity contribution in [2.75, 3.05) is 0 Å². The Kier molecular flexibility index (Phi) is 3.08. The van der Waals surface area contributed by atoms with Crippen LogP contribution in [0.5, 0.6) is 0 Å². The summed E-state index contributed by atoms with van der Waals surface area (Å²) < 4.78 is 0. The van der Waals surface area contributed by atoms with Gasteiger partial charge in [0.25, 0.3) is 0 Å². The molecule has 0 atom stereocenters. The number of carbonyl (C=O) groups is 1. The van der Waals surface area contributed by atoms with E-state index in [-0.39, 0.29) is 5.78 Å². The highest BCUT2D eigenvalue weighted by molar-refractivity contribution is 5.91. The minimum absolute atomic E-state index is 0.0938. The van der Waals surface area contributed by atoms with E-state index in [1.807, 2.05) is 30.3 Å². The molecule has 0 aromatic heterocycles. The standard InChI is InChI=1S/C10H10O2/c11-7-6-10(12)8-9-4-2-1-3-5-9/h1-7,11H,8H2/b7-6+. The van der Waals surface area contributed by atoms with E-state index in [0.717, 1.165) is 17.9 Å². The van der Waals surface area contributed by atoms with Gasteiger partial charge in [-0.15, -0.1) is 0 Å². The van der Waals surface area contributed by atoms with Gasteiger partial charge in [-0.05, 0) is 5.56 Å². The van der Waals surface area contributed by atoms with Crippen LogP contribution in [0.4, 0.5) is 0 Å². The number of carbonyl (C=O) groups excluding carboxylic acids is 1. The van der Waals surface area contributed by atoms with Crippen molar-refractivity contribution >= 4 is 5.78 Å². The Morgan fingerprint density at radius 1 is 1.33 bits per heavy atom. The molecule has 62 valence electrons. The highest BCUT2D eigenvalue weighted by Gasteiger charge is 1.97. The third kappa shape index (κ3) is 2.58. The Morgan fingerprint density at radius 2 is 2.00 bits per heavy atom. The third-order valence-corrected chi connectivity index (χ3v) is 1.48. The zero-order valence-electron chi connectivity index (χ0n) is 6.60. The highest BCUT2D eigenvalue weighted by atomic mass is 16.2. The fraction of sp³-hybridized carbons (Fsp3) is 0.100. The van der Waals surface area contributed by atoms with E-state index in [9.17, 15) is 4.79 Å². The largest absolute Gasteiger partial charge is 0.515 e. The first-order chi connectivity index (χ1) is 5.83. The summed E-state index contributed by atoms with van der Waals surface area (Å²) >= 11 is 0. The topological polar surface area (TPSA) is 37.3 Å². The van der Waals surface area contributed by atoms with Gasteiger partial charge in [-0.2, -0.15) is 0 Å². The Morgan fingerprint density at radius 3 is 2.58 bits per heavy atom. The predicted octanol–water partition coefficient (Wildman–Crippen LogP) is 1.87. The van der Waals surface area contributed by atoms with Gasteiger partial charge in [-0.1, -0.05) is 30.3 Å². The Hall–Kier alpha value is -1.57. The molecule has 0 amide bonds. The molecule has 1 aromatic rings. The van der Waals surface area contributed by atoms with Gasteiger partial charge < -0.3 is 5.11 Å². The van der Waals surface area contributed by atoms with Crippen LogP contribution in [0, 0.1) is 0 Å². The molecule has 1 rings (SSSR count). The second-order valence-electron chi connectivity index (χ2n) is 2.44. The first-order valence-corrected chi connectivity index (χ1v) is 3.70. The SMILES string of the molecule is O=C(/C=C/O)Cc1ccccc1. The molecule has 0 unspecified atom stereocenters. The van der Waals surface area contributed by atoms with E-state index < -0.39 is 0 Å². The molecule has 0 heterocycles. The molecule has 2 heteroatoms. The van der Waals surface area contributed by atoms with Crippen LogP contribution in [0.25, 0.3) is 0 Å². The predicted molar refractivity (Wildman–Crippen MR) is 46.9 cm³/mol. The molecule has 12 heavy (non-hydrogen) atoms. The lowest BCUT2D eigenvalue weighted by atomic mass is 10.1. The summed E-state index contributed by atoms with van der Waals surface area (Å²) in [6.07, 6.45) is 2.27. The average molecular weight is 162 g/mol. The fourth-order valence-electron chi connectivity index (χ4n) is 0.939. The Bertz CT molecular complexity index is 275. The van der Waals surface area contributed by atoms with Crippen LogP contribution >= 0.6 is 0 Å². The van der Waals surface area contributed by atoms with Gasteiger partial charge >= 0.3 is 0 Å². The minimum atomic E-state index is -0.0938. The summed E-state index contributed by atoms with van der Waals surface area (Å²) in [6.45, 7) is 0. The average Bonchev–Trinajstić information content (AvgIpc) is 2.06. The maximum atomic E-state index is 11.0. The fourth-order valence-corrected chi connectivity index (χ4v) is 0.939. The van der Waals surface area contributed by atoms with Crippen LogP contribution in [0.2, 0.25) is 0 Å². The van der Waals surface area contributed by atoms with Gasteiger partial charge in [0, 0.05) is 12.5 Å². The van der Waals surface area contributed by atoms with Gasteiger partial charge in [0.2, 0.25) is 0 Å². The number of hydrogen-bond acceptors (Lipinski definition) is 2. The van der Waals surface area contributed by atoms with E-state index in [2.05, 4.69) is 0 Å². The first-order valence-electron chi connectivity index (χ1n) is 3.70. The zero-order chi connectivity index (χ0) is 8.81. The summed E-state index contributed by atoms with van der Waals surface area (Å²) in [7, 11) is 0. The Balaban J connectivity index is 2.59. The van der Waals surface area contributed by atoms with Crippen LogP contribution in [0.15, 0.2) is 42.7 Å². The van der Waals surface area contributed by atoms with Crippen molar-refractivity contribution in [3.63, 3.8) is 0 Å². The van der Waals surface area contributed by atoms with Crippen LogP contribution in [-0.2, 0) is 11.2 Å². The van der Waals surface area contributed by atoms with Crippen molar-refractivity contribution in [2.45, 2.75) is 6.42 Å². The van der Waals surface area contributed by atoms with Crippen molar-refractivity contribution in [3.8, 4) is 0 Å². The second kappa shape index (κ2) is 4.34. The van der Waals surface area contributed by atoms with E-state index in [1.54, 1.807) is 0 Å². The smallest absolute Gasteiger partial charge is 0.163 e. The molecule has 1 N–H and O–H groups in total. The van der Waals surface area contributed by atoms with Crippen LogP contribution in [0.1, 0.15) is 5.56 Å². The number of allylic oxidation sites excluding steroid dienone is 1. The maximum absolute atomic E-state index is 11.0. The lowest BCUT2D eigenvalue weighted by molar-refractivity contribution is -0.114. The lowest BCUT2D eigenvalue weighted by Gasteiger charge is -1.94. The van der Waals surface area contributed by atoms with Crippen LogP contribution < -0.4 is 0 Å². The van der Waals surface area contributed by atoms with Crippen molar-refractivity contribution < 1.29 is 9.90 Å². The van der Waals surface area contributed by atoms with Crippen molar-refractivity contribution in [2.24, 2.45) is 0 Å². The molecular weight excluding hydrogens is 152 g/mol. The van der Waals surface area contributed by atoms with E-state index in [4.69, 9.17) is 5.11 Å². The molecule has 0 bridgehead atoms. The molecule has 0 saturated carbocycles. The highest BCUT2D eigenvalue weighted by Crippen LogP contribution is 2.00. The van der Waals surface area contributed by atoms with Crippen molar-refractivity contribution in [1.29, 1.82) is 0 Å². The monoisotopic (exact) mass is 162 g/mol. The molecule has 0 saturated heterocycles. The normalized spacial score (nSPS) is 10.3. The summed E-state index contributed by atoms with van der Waals surface area (Å²) in [5, 5.41) is 8.31. The molecule has 0 aliphatic rings. The minimum Gasteiger partial charge on any atom is -0.515 e. The summed E-state index contributed by atoms with van der Waals surface area (Å²) in [4.78, 5) is 11.0. The molecule has 0 aliphatic heterocycles. The van der Waals surface area contributed by atoms with E-state index in [0.29, 0.717) is 6.42 Å². The molecule has 0 spiro atoms. The summed E-state index contributed by atoms with van der Waals surface area (Å²) in [6, 6.07) is 9.42. The number of hydrogen-bond donors (Lipinski definition) is 1. The van der Waals surface area contributed by atoms with Crippen molar-refractivity contribution in [1.82, 2.24) is 0 Å². The quantitative estimate of drug-likeness (QED) is 0.544. The van der Waals surface area contributed by atoms with E-state index >= 15 is 0 Å². The first kappa shape index (κ1) is 8.53. The molecule has 2 nitrogen and oxygen atoms in total. The molecular formula is C10H10O2. The molecule has 1 aromatic carbocycles. The number of ketones is 1. The lowest BCUT2D eigenvalue weighted by Crippen LogP contribution is -1.97. The van der Waals surface area contributed by atoms with Gasteiger partial charge in [0.1, 0.15) is 0 Å². The molecule has 0 radical (unpaired) electrons. The van der Waals surface area contributed by atoms with Crippen LogP contribution in [0.3, 0.4) is 0 Å². The van der Waals surface area contributed by atoms with Gasteiger partial charge in [-0.3, -0.25) is 4.79 Å². The van der Waals surface area contributed by atoms with Gasteiger partial charge in [-0.25, -0.2) is 0 Å². The third-order valence-electron chi connectivity index (χ3n) is 1.48. The number of rotatable bonds is 3. The number of aliphatic hydroxyl groups excluding tert-OH is 1. The zero-order valence-corrected chi connectivity index (χ0v) is 6.60. The summed E-state index contributed by atoms with van der Waals surface area (Å²) in [5.74, 6) is -0.0938. The van der Waals surface area contributed by atoms with Crippen LogP contribution in [-0.4, -0.2) is 10.9 Å². The second-order valence-corrected chi connectivity index (χ2v) is 2.44.